The van der Waals surface area contributed by atoms with Crippen molar-refractivity contribution in [2.75, 3.05) is 57.9 Å². The summed E-state index contributed by atoms with van der Waals surface area (Å²) in [7, 11) is 0. The number of benzene rings is 5. The molecule has 0 unspecified atom stereocenters. The SMILES string of the molecule is NCCCOc1cc(OCCCN)cc(-c2cc(NC(=O)c3ccc4ccccc4c3)cc(-c3cc(OCCCN)cc(OCCCN)c3)c2)c1. The minimum atomic E-state index is -0.224. The average molecular weight is 692 g/mol. The largest absolute Gasteiger partial charge is 0.493 e. The molecule has 5 aromatic rings. The van der Waals surface area contributed by atoms with Gasteiger partial charge in [-0.3, -0.25) is 4.79 Å². The van der Waals surface area contributed by atoms with E-state index in [1.54, 1.807) is 0 Å². The summed E-state index contributed by atoms with van der Waals surface area (Å²) in [6.45, 7) is 3.98. The number of ether oxygens (including phenoxy) is 4. The van der Waals surface area contributed by atoms with Crippen molar-refractivity contribution in [1.82, 2.24) is 0 Å². The van der Waals surface area contributed by atoms with Crippen molar-refractivity contribution in [2.24, 2.45) is 22.9 Å². The summed E-state index contributed by atoms with van der Waals surface area (Å²) in [5.41, 5.74) is 27.5. The summed E-state index contributed by atoms with van der Waals surface area (Å²) in [6, 6.07) is 31.2. The predicted molar refractivity (Wildman–Crippen MR) is 206 cm³/mol. The van der Waals surface area contributed by atoms with Crippen LogP contribution < -0.4 is 47.2 Å². The molecule has 1 amide bonds. The minimum Gasteiger partial charge on any atom is -0.493 e. The maximum Gasteiger partial charge on any atom is 0.255 e. The smallest absolute Gasteiger partial charge is 0.255 e. The number of nitrogens with one attached hydrogen (secondary N) is 1. The van der Waals surface area contributed by atoms with Gasteiger partial charge in [0.25, 0.3) is 5.91 Å². The predicted octanol–water partition coefficient (Wildman–Crippen LogP) is 6.34. The number of rotatable bonds is 20. The number of nitrogens with two attached hydrogens (primary N) is 4. The molecule has 0 heterocycles. The van der Waals surface area contributed by atoms with E-state index in [-0.39, 0.29) is 5.91 Å². The van der Waals surface area contributed by atoms with Crippen LogP contribution in [0.3, 0.4) is 0 Å². The van der Waals surface area contributed by atoms with Crippen molar-refractivity contribution >= 4 is 22.4 Å². The number of amides is 1. The Morgan fingerprint density at radius 3 is 1.31 bits per heavy atom. The maximum atomic E-state index is 13.7. The second kappa shape index (κ2) is 19.3. The molecule has 51 heavy (non-hydrogen) atoms. The van der Waals surface area contributed by atoms with Crippen LogP contribution in [0, 0.1) is 0 Å². The van der Waals surface area contributed by atoms with Crippen LogP contribution in [0.1, 0.15) is 36.0 Å². The first-order valence-corrected chi connectivity index (χ1v) is 17.6. The fourth-order valence-corrected chi connectivity index (χ4v) is 5.47. The first-order chi connectivity index (χ1) is 25.0. The van der Waals surface area contributed by atoms with Gasteiger partial charge in [-0.05, 0) is 139 Å². The molecule has 5 rings (SSSR count). The Balaban J connectivity index is 1.59. The van der Waals surface area contributed by atoms with Crippen LogP contribution in [0.2, 0.25) is 0 Å². The van der Waals surface area contributed by atoms with Gasteiger partial charge in [-0.15, -0.1) is 0 Å². The van der Waals surface area contributed by atoms with Gasteiger partial charge in [0.2, 0.25) is 0 Å². The van der Waals surface area contributed by atoms with Crippen molar-refractivity contribution in [2.45, 2.75) is 25.7 Å². The molecule has 0 radical (unpaired) electrons. The molecule has 0 aliphatic heterocycles. The molecule has 10 heteroatoms. The number of carbonyl (C=O) groups excluding carboxylic acids is 1. The molecular formula is C41H49N5O5. The number of fused-ring (bicyclic) bond motifs is 1. The summed E-state index contributed by atoms with van der Waals surface area (Å²) in [4.78, 5) is 13.7. The van der Waals surface area contributed by atoms with E-state index in [0.29, 0.717) is 113 Å². The Labute approximate surface area is 300 Å². The first kappa shape index (κ1) is 37.1. The summed E-state index contributed by atoms with van der Waals surface area (Å²) < 4.78 is 24.3. The molecule has 268 valence electrons. The third kappa shape index (κ3) is 10.9. The minimum absolute atomic E-state index is 0.224. The van der Waals surface area contributed by atoms with Crippen molar-refractivity contribution in [1.29, 1.82) is 0 Å². The third-order valence-electron chi connectivity index (χ3n) is 8.10. The number of carbonyl (C=O) groups is 1. The third-order valence-corrected chi connectivity index (χ3v) is 8.10. The molecule has 9 N–H and O–H groups in total. The molecule has 0 spiro atoms. The van der Waals surface area contributed by atoms with Gasteiger partial charge in [-0.2, -0.15) is 0 Å². The Morgan fingerprint density at radius 2 is 0.882 bits per heavy atom. The Bertz CT molecular complexity index is 1740. The number of hydrogen-bond donors (Lipinski definition) is 5. The molecule has 10 nitrogen and oxygen atoms in total. The number of anilines is 1. The van der Waals surface area contributed by atoms with Gasteiger partial charge >= 0.3 is 0 Å². The lowest BCUT2D eigenvalue weighted by Gasteiger charge is -2.16. The molecule has 0 bridgehead atoms. The van der Waals surface area contributed by atoms with Crippen molar-refractivity contribution in [3.63, 3.8) is 0 Å². The second-order valence-electron chi connectivity index (χ2n) is 12.2. The highest BCUT2D eigenvalue weighted by Crippen LogP contribution is 2.37. The summed E-state index contributed by atoms with van der Waals surface area (Å²) >= 11 is 0. The average Bonchev–Trinajstić information content (AvgIpc) is 3.15. The summed E-state index contributed by atoms with van der Waals surface area (Å²) in [6.07, 6.45) is 2.86. The molecule has 0 aliphatic carbocycles. The Hall–Kier alpha value is -5.13. The lowest BCUT2D eigenvalue weighted by atomic mass is 9.97. The highest BCUT2D eigenvalue weighted by molar-refractivity contribution is 6.07. The van der Waals surface area contributed by atoms with Crippen LogP contribution in [0.25, 0.3) is 33.0 Å². The Morgan fingerprint density at radius 1 is 0.471 bits per heavy atom. The first-order valence-electron chi connectivity index (χ1n) is 17.6. The van der Waals surface area contributed by atoms with E-state index < -0.39 is 0 Å². The maximum absolute atomic E-state index is 13.7. The normalized spacial score (nSPS) is 11.0. The van der Waals surface area contributed by atoms with Crippen molar-refractivity contribution in [3.8, 4) is 45.3 Å². The number of hydrogen-bond acceptors (Lipinski definition) is 9. The summed E-state index contributed by atoms with van der Waals surface area (Å²) in [5, 5.41) is 5.20. The van der Waals surface area contributed by atoms with E-state index in [1.807, 2.05) is 91.0 Å². The molecular weight excluding hydrogens is 642 g/mol. The Kier molecular flexibility index (Phi) is 14.1. The van der Waals surface area contributed by atoms with Gasteiger partial charge in [0, 0.05) is 23.4 Å². The van der Waals surface area contributed by atoms with Gasteiger partial charge in [0.1, 0.15) is 23.0 Å². The quantitative estimate of drug-likeness (QED) is 0.0585. The van der Waals surface area contributed by atoms with Crippen molar-refractivity contribution in [3.05, 3.63) is 103 Å². The monoisotopic (exact) mass is 691 g/mol. The van der Waals surface area contributed by atoms with E-state index in [0.717, 1.165) is 33.0 Å². The topological polar surface area (TPSA) is 170 Å². The van der Waals surface area contributed by atoms with E-state index in [4.69, 9.17) is 41.9 Å². The second-order valence-corrected chi connectivity index (χ2v) is 12.2. The van der Waals surface area contributed by atoms with Gasteiger partial charge in [0.05, 0.1) is 26.4 Å². The van der Waals surface area contributed by atoms with Crippen LogP contribution >= 0.6 is 0 Å². The van der Waals surface area contributed by atoms with Crippen LogP contribution in [-0.2, 0) is 0 Å². The fourth-order valence-electron chi connectivity index (χ4n) is 5.47. The lowest BCUT2D eigenvalue weighted by Crippen LogP contribution is -2.12. The highest BCUT2D eigenvalue weighted by Gasteiger charge is 2.14. The zero-order chi connectivity index (χ0) is 35.8. The standard InChI is InChI=1S/C41H49N5O5/c42-11-3-15-48-37-23-34(24-38(27-37)49-16-4-12-43)32-20-33(35-25-39(50-17-5-13-44)28-40(26-35)51-18-6-14-45)22-36(21-32)46-41(47)31-10-9-29-7-1-2-8-30(29)19-31/h1-2,7-10,19-28H,3-6,11-18,42-45H2,(H,46,47). The highest BCUT2D eigenvalue weighted by atomic mass is 16.5. The fraction of sp³-hybridized carbons (Fsp3) is 0.293. The van der Waals surface area contributed by atoms with E-state index >= 15 is 0 Å². The van der Waals surface area contributed by atoms with E-state index in [1.165, 1.54) is 0 Å². The molecule has 0 fully saturated rings. The molecule has 0 aliphatic rings. The van der Waals surface area contributed by atoms with Gasteiger partial charge in [-0.1, -0.05) is 30.3 Å². The lowest BCUT2D eigenvalue weighted by molar-refractivity contribution is 0.102. The van der Waals surface area contributed by atoms with E-state index in [9.17, 15) is 4.79 Å². The van der Waals surface area contributed by atoms with Gasteiger partial charge in [-0.25, -0.2) is 0 Å². The van der Waals surface area contributed by atoms with Crippen LogP contribution in [0.15, 0.2) is 97.1 Å². The zero-order valence-electron chi connectivity index (χ0n) is 29.1. The van der Waals surface area contributed by atoms with Crippen molar-refractivity contribution < 1.29 is 23.7 Å². The summed E-state index contributed by atoms with van der Waals surface area (Å²) in [5.74, 6) is 2.39. The van der Waals surface area contributed by atoms with Gasteiger partial charge < -0.3 is 47.2 Å². The molecule has 0 saturated carbocycles. The van der Waals surface area contributed by atoms with E-state index in [2.05, 4.69) is 11.4 Å². The molecule has 0 saturated heterocycles. The molecule has 5 aromatic carbocycles. The zero-order valence-corrected chi connectivity index (χ0v) is 29.1. The van der Waals surface area contributed by atoms with Crippen LogP contribution in [-0.4, -0.2) is 58.5 Å². The molecule has 0 atom stereocenters. The van der Waals surface area contributed by atoms with Crippen LogP contribution in [0.4, 0.5) is 5.69 Å². The molecule has 0 aromatic heterocycles. The van der Waals surface area contributed by atoms with Gasteiger partial charge in [0.15, 0.2) is 0 Å². The van der Waals surface area contributed by atoms with Crippen LogP contribution in [0.5, 0.6) is 23.0 Å².